The summed E-state index contributed by atoms with van der Waals surface area (Å²) in [4.78, 5) is 24.5. The van der Waals surface area contributed by atoms with Gasteiger partial charge in [0, 0.05) is 37.5 Å². The van der Waals surface area contributed by atoms with E-state index in [2.05, 4.69) is 10.4 Å². The normalized spacial score (nSPS) is 15.1. The molecule has 0 bridgehead atoms. The second kappa shape index (κ2) is 11.0. The third-order valence-corrected chi connectivity index (χ3v) is 8.17. The summed E-state index contributed by atoms with van der Waals surface area (Å²) in [5, 5.41) is 6.84. The van der Waals surface area contributed by atoms with Crippen molar-refractivity contribution in [3.05, 3.63) is 47.3 Å². The van der Waals surface area contributed by atoms with Crippen LogP contribution < -0.4 is 5.32 Å². The predicted octanol–water partition coefficient (Wildman–Crippen LogP) is 3.19. The fraction of sp³-hybridized carbons (Fsp3) is 0.458. The molecule has 0 saturated heterocycles. The molecule has 3 rings (SSSR count). The van der Waals surface area contributed by atoms with Crippen molar-refractivity contribution >= 4 is 33.7 Å². The minimum Gasteiger partial charge on any atom is -0.452 e. The highest BCUT2D eigenvalue weighted by molar-refractivity contribution is 7.89. The van der Waals surface area contributed by atoms with Crippen LogP contribution in [-0.4, -0.2) is 54.1 Å². The quantitative estimate of drug-likeness (QED) is 0.451. The van der Waals surface area contributed by atoms with E-state index < -0.39 is 28.5 Å². The summed E-state index contributed by atoms with van der Waals surface area (Å²) in [5.41, 5.74) is 2.64. The number of nitrogens with zero attached hydrogens (tertiary/aromatic N) is 3. The Kier molecular flexibility index (Phi) is 8.27. The molecule has 0 radical (unpaired) electrons. The van der Waals surface area contributed by atoms with Gasteiger partial charge in [-0.1, -0.05) is 31.4 Å². The van der Waals surface area contributed by atoms with Gasteiger partial charge >= 0.3 is 5.97 Å². The minimum absolute atomic E-state index is 0.0187. The lowest BCUT2D eigenvalue weighted by Gasteiger charge is -2.30. The Balaban J connectivity index is 1.63. The second-order valence-electron chi connectivity index (χ2n) is 8.51. The summed E-state index contributed by atoms with van der Waals surface area (Å²) in [5.74, 6) is -1.31. The number of rotatable bonds is 8. The van der Waals surface area contributed by atoms with Gasteiger partial charge in [0.1, 0.15) is 4.90 Å². The van der Waals surface area contributed by atoms with Gasteiger partial charge in [-0.25, -0.2) is 13.2 Å². The fourth-order valence-corrected chi connectivity index (χ4v) is 5.71. The third-order valence-electron chi connectivity index (χ3n) is 6.20. The zero-order valence-corrected chi connectivity index (χ0v) is 20.9. The molecule has 1 aliphatic carbocycles. The van der Waals surface area contributed by atoms with Crippen LogP contribution in [0.15, 0.2) is 35.2 Å². The smallest absolute Gasteiger partial charge is 0.331 e. The number of para-hydroxylation sites is 1. The highest BCUT2D eigenvalue weighted by atomic mass is 32.2. The SMILES string of the molecule is Cc1nn(C)c(C)c1/C=C\C(=O)OCC(=O)Nc1ccccc1S(=O)(=O)N(C)C1CCCCC1. The molecule has 1 heterocycles. The Morgan fingerprint density at radius 3 is 2.53 bits per heavy atom. The third kappa shape index (κ3) is 5.92. The maximum atomic E-state index is 13.2. The fourth-order valence-electron chi connectivity index (χ4n) is 4.14. The molecule has 10 heteroatoms. The number of sulfonamides is 1. The van der Waals surface area contributed by atoms with Crippen molar-refractivity contribution in [2.24, 2.45) is 7.05 Å². The van der Waals surface area contributed by atoms with Crippen molar-refractivity contribution in [1.29, 1.82) is 0 Å². The Hall–Kier alpha value is -2.98. The van der Waals surface area contributed by atoms with Gasteiger partial charge < -0.3 is 10.1 Å². The van der Waals surface area contributed by atoms with E-state index in [4.69, 9.17) is 4.74 Å². The van der Waals surface area contributed by atoms with Gasteiger partial charge in [-0.3, -0.25) is 9.48 Å². The number of amides is 1. The number of carbonyl (C=O) groups is 2. The number of aryl methyl sites for hydroxylation is 2. The maximum Gasteiger partial charge on any atom is 0.331 e. The van der Waals surface area contributed by atoms with Gasteiger partial charge in [-0.15, -0.1) is 0 Å². The van der Waals surface area contributed by atoms with E-state index in [1.54, 1.807) is 29.9 Å². The van der Waals surface area contributed by atoms with Crippen LogP contribution in [0, 0.1) is 13.8 Å². The molecular weight excluding hydrogens is 456 g/mol. The van der Waals surface area contributed by atoms with Crippen molar-refractivity contribution in [2.45, 2.75) is 56.9 Å². The summed E-state index contributed by atoms with van der Waals surface area (Å²) in [6, 6.07) is 6.20. The molecule has 2 aromatic rings. The highest BCUT2D eigenvalue weighted by Gasteiger charge is 2.31. The summed E-state index contributed by atoms with van der Waals surface area (Å²) >= 11 is 0. The first kappa shape index (κ1) is 25.6. The van der Waals surface area contributed by atoms with E-state index in [0.29, 0.717) is 0 Å². The monoisotopic (exact) mass is 488 g/mol. The van der Waals surface area contributed by atoms with Crippen LogP contribution in [0.25, 0.3) is 6.08 Å². The van der Waals surface area contributed by atoms with Crippen LogP contribution in [0.1, 0.15) is 49.1 Å². The number of anilines is 1. The van der Waals surface area contributed by atoms with Crippen molar-refractivity contribution in [1.82, 2.24) is 14.1 Å². The van der Waals surface area contributed by atoms with Crippen LogP contribution in [0.5, 0.6) is 0 Å². The lowest BCUT2D eigenvalue weighted by atomic mass is 9.96. The number of ether oxygens (including phenoxy) is 1. The van der Waals surface area contributed by atoms with Gasteiger partial charge in [0.15, 0.2) is 6.61 Å². The molecule has 9 nitrogen and oxygen atoms in total. The maximum absolute atomic E-state index is 13.2. The molecule has 0 unspecified atom stereocenters. The van der Waals surface area contributed by atoms with Crippen LogP contribution in [0.4, 0.5) is 5.69 Å². The summed E-state index contributed by atoms with van der Waals surface area (Å²) in [6.07, 6.45) is 7.61. The second-order valence-corrected chi connectivity index (χ2v) is 10.5. The lowest BCUT2D eigenvalue weighted by Crippen LogP contribution is -2.38. The standard InChI is InChI=1S/C24H32N4O5S/c1-17-20(18(2)27(3)26-17)14-15-24(30)33-16-23(29)25-21-12-8-9-13-22(21)34(31,32)28(4)19-10-6-5-7-11-19/h8-9,12-15,19H,5-7,10-11,16H2,1-4H3,(H,25,29)/b15-14-. The van der Waals surface area contributed by atoms with Crippen LogP contribution in [0.2, 0.25) is 0 Å². The molecule has 0 aliphatic heterocycles. The number of hydrogen-bond acceptors (Lipinski definition) is 6. The van der Waals surface area contributed by atoms with Gasteiger partial charge in [0.25, 0.3) is 5.91 Å². The summed E-state index contributed by atoms with van der Waals surface area (Å²) in [6.45, 7) is 3.18. The molecule has 1 fully saturated rings. The van der Waals surface area contributed by atoms with Crippen molar-refractivity contribution < 1.29 is 22.7 Å². The van der Waals surface area contributed by atoms with Gasteiger partial charge in [0.05, 0.1) is 11.4 Å². The van der Waals surface area contributed by atoms with E-state index in [-0.39, 0.29) is 16.6 Å². The summed E-state index contributed by atoms with van der Waals surface area (Å²) in [7, 11) is -0.400. The predicted molar refractivity (Wildman–Crippen MR) is 130 cm³/mol. The lowest BCUT2D eigenvalue weighted by molar-refractivity contribution is -0.142. The average Bonchev–Trinajstić information content (AvgIpc) is 3.07. The molecule has 0 atom stereocenters. The first-order chi connectivity index (χ1) is 16.1. The van der Waals surface area contributed by atoms with Gasteiger partial charge in [0.2, 0.25) is 10.0 Å². The van der Waals surface area contributed by atoms with Gasteiger partial charge in [-0.05, 0) is 44.9 Å². The molecule has 1 aromatic carbocycles. The molecule has 1 saturated carbocycles. The van der Waals surface area contributed by atoms with E-state index in [1.165, 1.54) is 22.5 Å². The van der Waals surface area contributed by atoms with E-state index in [9.17, 15) is 18.0 Å². The summed E-state index contributed by atoms with van der Waals surface area (Å²) < 4.78 is 34.6. The first-order valence-corrected chi connectivity index (χ1v) is 12.8. The Bertz CT molecular complexity index is 1180. The number of carbonyl (C=O) groups excluding carboxylic acids is 2. The number of hydrogen-bond donors (Lipinski definition) is 1. The average molecular weight is 489 g/mol. The first-order valence-electron chi connectivity index (χ1n) is 11.3. The molecule has 1 aromatic heterocycles. The van der Waals surface area contributed by atoms with E-state index in [1.807, 2.05) is 20.9 Å². The molecule has 0 spiro atoms. The zero-order valence-electron chi connectivity index (χ0n) is 20.1. The van der Waals surface area contributed by atoms with Crippen molar-refractivity contribution in [3.63, 3.8) is 0 Å². The Morgan fingerprint density at radius 1 is 1.21 bits per heavy atom. The number of esters is 1. The highest BCUT2D eigenvalue weighted by Crippen LogP contribution is 2.29. The Morgan fingerprint density at radius 2 is 1.88 bits per heavy atom. The molecule has 34 heavy (non-hydrogen) atoms. The van der Waals surface area contributed by atoms with Crippen molar-refractivity contribution in [3.8, 4) is 0 Å². The van der Waals surface area contributed by atoms with Crippen LogP contribution in [0.3, 0.4) is 0 Å². The number of aromatic nitrogens is 2. The largest absolute Gasteiger partial charge is 0.452 e. The minimum atomic E-state index is -3.80. The molecule has 1 aliphatic rings. The van der Waals surface area contributed by atoms with E-state index >= 15 is 0 Å². The van der Waals surface area contributed by atoms with Crippen LogP contribution >= 0.6 is 0 Å². The van der Waals surface area contributed by atoms with E-state index in [0.717, 1.165) is 49.1 Å². The number of benzene rings is 1. The van der Waals surface area contributed by atoms with Crippen LogP contribution in [-0.2, 0) is 31.4 Å². The topological polar surface area (TPSA) is 111 Å². The molecule has 1 N–H and O–H groups in total. The Labute approximate surface area is 200 Å². The molecule has 1 amide bonds. The molecule has 184 valence electrons. The van der Waals surface area contributed by atoms with Gasteiger partial charge in [-0.2, -0.15) is 9.40 Å². The molecular formula is C24H32N4O5S. The zero-order chi connectivity index (χ0) is 24.9. The van der Waals surface area contributed by atoms with Crippen molar-refractivity contribution in [2.75, 3.05) is 19.0 Å². The number of nitrogens with one attached hydrogen (secondary N) is 1.